The van der Waals surface area contributed by atoms with E-state index in [1.807, 2.05) is 0 Å². The van der Waals surface area contributed by atoms with Crippen LogP contribution in [-0.4, -0.2) is 22.1 Å². The van der Waals surface area contributed by atoms with Crippen LogP contribution in [0.5, 0.6) is 5.75 Å². The van der Waals surface area contributed by atoms with E-state index in [4.69, 9.17) is 4.42 Å². The van der Waals surface area contributed by atoms with Crippen molar-refractivity contribution in [2.45, 2.75) is 25.8 Å². The number of hydrogen-bond acceptors (Lipinski definition) is 4. The van der Waals surface area contributed by atoms with E-state index in [9.17, 15) is 35.5 Å². The van der Waals surface area contributed by atoms with Gasteiger partial charge in [-0.25, -0.2) is 17.6 Å². The molecule has 1 N–H and O–H groups in total. The minimum absolute atomic E-state index is 0.00936. The summed E-state index contributed by atoms with van der Waals surface area (Å²) in [4.78, 5) is 12.2. The Labute approximate surface area is 169 Å². The van der Waals surface area contributed by atoms with Crippen LogP contribution in [0.2, 0.25) is 0 Å². The van der Waals surface area contributed by atoms with Crippen LogP contribution in [0.3, 0.4) is 0 Å². The van der Waals surface area contributed by atoms with Gasteiger partial charge in [-0.05, 0) is 42.5 Å². The molecular formula is C18H12F7N3O3. The number of alkyl halides is 7. The largest absolute Gasteiger partial charge is 0.573 e. The van der Waals surface area contributed by atoms with Crippen molar-refractivity contribution in [2.75, 3.05) is 5.32 Å². The van der Waals surface area contributed by atoms with Crippen molar-refractivity contribution in [1.82, 2.24) is 9.78 Å². The minimum atomic E-state index is -4.86. The lowest BCUT2D eigenvalue weighted by molar-refractivity contribution is -0.274. The number of rotatable bonds is 7. The van der Waals surface area contributed by atoms with Crippen LogP contribution < -0.4 is 10.1 Å². The number of benzene rings is 1. The number of halogens is 7. The first-order valence-electron chi connectivity index (χ1n) is 8.41. The summed E-state index contributed by atoms with van der Waals surface area (Å²) < 4.78 is 97.6. The predicted molar refractivity (Wildman–Crippen MR) is 91.0 cm³/mol. The number of hydrogen-bond donors (Lipinski definition) is 1. The summed E-state index contributed by atoms with van der Waals surface area (Å²) in [6.07, 6.45) is -10.9. The van der Waals surface area contributed by atoms with Gasteiger partial charge in [-0.3, -0.25) is 9.48 Å². The van der Waals surface area contributed by atoms with Crippen molar-refractivity contribution in [3.63, 3.8) is 0 Å². The Morgan fingerprint density at radius 2 is 1.74 bits per heavy atom. The Bertz CT molecular complexity index is 1040. The van der Waals surface area contributed by atoms with Gasteiger partial charge < -0.3 is 14.5 Å². The maximum absolute atomic E-state index is 13.0. The van der Waals surface area contributed by atoms with E-state index in [2.05, 4.69) is 15.2 Å². The standard InChI is InChI=1S/C18H12F7N3O3/c19-15(20)12-7-13(16(21)22)28(27-12)8-11-5-6-14(30-11)17(29)26-9-1-3-10(4-2-9)31-18(23,24)25/h1-7,15-16H,8H2,(H,26,29). The van der Waals surface area contributed by atoms with E-state index < -0.39 is 48.8 Å². The summed E-state index contributed by atoms with van der Waals surface area (Å²) in [6, 6.07) is 7.36. The van der Waals surface area contributed by atoms with E-state index in [0.29, 0.717) is 10.7 Å². The zero-order valence-electron chi connectivity index (χ0n) is 15.2. The molecule has 0 aliphatic heterocycles. The Morgan fingerprint density at radius 1 is 1.06 bits per heavy atom. The summed E-state index contributed by atoms with van der Waals surface area (Å²) in [6.45, 7) is -0.427. The molecule has 2 aromatic heterocycles. The zero-order chi connectivity index (χ0) is 22.8. The van der Waals surface area contributed by atoms with Gasteiger partial charge in [0.15, 0.2) is 5.76 Å². The van der Waals surface area contributed by atoms with Crippen LogP contribution in [0, 0.1) is 0 Å². The molecule has 3 rings (SSSR count). The fourth-order valence-corrected chi connectivity index (χ4v) is 2.53. The molecular weight excluding hydrogens is 439 g/mol. The van der Waals surface area contributed by atoms with E-state index in [1.165, 1.54) is 12.1 Å². The normalized spacial score (nSPS) is 11.9. The molecule has 0 unspecified atom stereocenters. The SMILES string of the molecule is O=C(Nc1ccc(OC(F)(F)F)cc1)c1ccc(Cn2nc(C(F)F)cc2C(F)F)o1. The Hall–Kier alpha value is -3.51. The highest BCUT2D eigenvalue weighted by Crippen LogP contribution is 2.27. The maximum atomic E-state index is 13.0. The number of aromatic nitrogens is 2. The molecule has 0 saturated heterocycles. The van der Waals surface area contributed by atoms with Gasteiger partial charge in [-0.2, -0.15) is 5.10 Å². The molecule has 31 heavy (non-hydrogen) atoms. The fourth-order valence-electron chi connectivity index (χ4n) is 2.53. The van der Waals surface area contributed by atoms with Crippen molar-refractivity contribution in [2.24, 2.45) is 0 Å². The average Bonchev–Trinajstić information content (AvgIpc) is 3.30. The first kappa shape index (κ1) is 22.2. The Morgan fingerprint density at radius 3 is 2.32 bits per heavy atom. The zero-order valence-corrected chi connectivity index (χ0v) is 15.2. The molecule has 0 atom stereocenters. The second-order valence-corrected chi connectivity index (χ2v) is 6.05. The van der Waals surface area contributed by atoms with Gasteiger partial charge in [-0.1, -0.05) is 0 Å². The molecule has 0 aliphatic carbocycles. The lowest BCUT2D eigenvalue weighted by Crippen LogP contribution is -2.17. The first-order chi connectivity index (χ1) is 14.5. The molecule has 1 amide bonds. The third kappa shape index (κ3) is 5.77. The van der Waals surface area contributed by atoms with Crippen LogP contribution >= 0.6 is 0 Å². The molecule has 0 radical (unpaired) electrons. The highest BCUT2D eigenvalue weighted by molar-refractivity contribution is 6.02. The fraction of sp³-hybridized carbons (Fsp3) is 0.222. The second-order valence-electron chi connectivity index (χ2n) is 6.05. The smallest absolute Gasteiger partial charge is 0.454 e. The number of amides is 1. The number of nitrogens with zero attached hydrogens (tertiary/aromatic N) is 2. The monoisotopic (exact) mass is 451 g/mol. The van der Waals surface area contributed by atoms with Gasteiger partial charge in [0.2, 0.25) is 0 Å². The first-order valence-corrected chi connectivity index (χ1v) is 8.41. The lowest BCUT2D eigenvalue weighted by Gasteiger charge is -2.09. The molecule has 0 saturated carbocycles. The number of carbonyl (C=O) groups is 1. The molecule has 0 spiro atoms. The van der Waals surface area contributed by atoms with Crippen molar-refractivity contribution < 1.29 is 44.7 Å². The molecule has 166 valence electrons. The summed E-state index contributed by atoms with van der Waals surface area (Å²) in [5.74, 6) is -1.52. The van der Waals surface area contributed by atoms with Crippen LogP contribution in [0.1, 0.15) is 40.6 Å². The maximum Gasteiger partial charge on any atom is 0.573 e. The molecule has 0 fully saturated rings. The molecule has 13 heteroatoms. The van der Waals surface area contributed by atoms with Gasteiger partial charge in [0, 0.05) is 5.69 Å². The molecule has 0 bridgehead atoms. The quantitative estimate of drug-likeness (QED) is 0.479. The average molecular weight is 451 g/mol. The van der Waals surface area contributed by atoms with Crippen LogP contribution in [0.25, 0.3) is 0 Å². The second kappa shape index (κ2) is 8.70. The van der Waals surface area contributed by atoms with Crippen molar-refractivity contribution in [3.05, 3.63) is 65.4 Å². The summed E-state index contributed by atoms with van der Waals surface area (Å²) in [5, 5.41) is 5.78. The molecule has 3 aromatic rings. The molecule has 1 aromatic carbocycles. The number of ether oxygens (including phenoxy) is 1. The van der Waals surface area contributed by atoms with Gasteiger partial charge in [0.1, 0.15) is 22.9 Å². The highest BCUT2D eigenvalue weighted by Gasteiger charge is 2.31. The van der Waals surface area contributed by atoms with Crippen molar-refractivity contribution in [1.29, 1.82) is 0 Å². The molecule has 0 aliphatic rings. The number of carbonyl (C=O) groups excluding carboxylic acids is 1. The summed E-state index contributed by atoms with van der Waals surface area (Å²) in [7, 11) is 0. The van der Waals surface area contributed by atoms with Gasteiger partial charge in [0.05, 0.1) is 6.54 Å². The molecule has 6 nitrogen and oxygen atoms in total. The van der Waals surface area contributed by atoms with Crippen LogP contribution in [-0.2, 0) is 6.54 Å². The van der Waals surface area contributed by atoms with Crippen LogP contribution in [0.15, 0.2) is 46.9 Å². The van der Waals surface area contributed by atoms with Crippen molar-refractivity contribution in [3.8, 4) is 5.75 Å². The van der Waals surface area contributed by atoms with Crippen LogP contribution in [0.4, 0.5) is 36.4 Å². The predicted octanol–water partition coefficient (Wildman–Crippen LogP) is 5.55. The van der Waals surface area contributed by atoms with E-state index in [1.54, 1.807) is 0 Å². The van der Waals surface area contributed by atoms with E-state index in [0.717, 1.165) is 24.3 Å². The summed E-state index contributed by atoms with van der Waals surface area (Å²) >= 11 is 0. The Balaban J connectivity index is 1.68. The third-order valence-electron chi connectivity index (χ3n) is 3.81. The minimum Gasteiger partial charge on any atom is -0.454 e. The highest BCUT2D eigenvalue weighted by atomic mass is 19.4. The molecule has 2 heterocycles. The van der Waals surface area contributed by atoms with Crippen molar-refractivity contribution >= 4 is 11.6 Å². The third-order valence-corrected chi connectivity index (χ3v) is 3.81. The lowest BCUT2D eigenvalue weighted by atomic mass is 10.3. The summed E-state index contributed by atoms with van der Waals surface area (Å²) in [5.41, 5.74) is -1.43. The van der Waals surface area contributed by atoms with Gasteiger partial charge in [-0.15, -0.1) is 13.2 Å². The Kier molecular flexibility index (Phi) is 6.22. The topological polar surface area (TPSA) is 69.3 Å². The number of furan rings is 1. The van der Waals surface area contributed by atoms with E-state index >= 15 is 0 Å². The van der Waals surface area contributed by atoms with E-state index in [-0.39, 0.29) is 17.2 Å². The van der Waals surface area contributed by atoms with Gasteiger partial charge in [0.25, 0.3) is 18.8 Å². The number of nitrogens with one attached hydrogen (secondary N) is 1. The van der Waals surface area contributed by atoms with Gasteiger partial charge >= 0.3 is 6.36 Å². The number of anilines is 1.